The molecule has 1 aromatic rings. The second kappa shape index (κ2) is 9.42. The number of aryl methyl sites for hydroxylation is 2. The van der Waals surface area contributed by atoms with Crippen LogP contribution >= 0.6 is 0 Å². The fraction of sp³-hybridized carbons (Fsp3) is 0.562. The highest BCUT2D eigenvalue weighted by atomic mass is 16.7. The van der Waals surface area contributed by atoms with Crippen molar-refractivity contribution in [1.82, 2.24) is 0 Å². The summed E-state index contributed by atoms with van der Waals surface area (Å²) < 4.78 is 9.28. The van der Waals surface area contributed by atoms with E-state index in [-0.39, 0.29) is 0 Å². The summed E-state index contributed by atoms with van der Waals surface area (Å²) in [5.74, 6) is 0. The van der Waals surface area contributed by atoms with Crippen LogP contribution in [0.2, 0.25) is 0 Å². The smallest absolute Gasteiger partial charge is 0.438 e. The van der Waals surface area contributed by atoms with Gasteiger partial charge in [-0.05, 0) is 36.8 Å². The van der Waals surface area contributed by atoms with E-state index in [9.17, 15) is 4.79 Å². The van der Waals surface area contributed by atoms with Crippen molar-refractivity contribution in [3.63, 3.8) is 0 Å². The third-order valence-corrected chi connectivity index (χ3v) is 3.06. The molecule has 19 heavy (non-hydrogen) atoms. The predicted molar refractivity (Wildman–Crippen MR) is 76.3 cm³/mol. The molecule has 0 aliphatic rings. The number of hydrogen-bond donors (Lipinski definition) is 0. The molecule has 0 atom stereocenters. The van der Waals surface area contributed by atoms with E-state index in [1.165, 1.54) is 37.5 Å². The van der Waals surface area contributed by atoms with Crippen LogP contribution in [0.1, 0.15) is 43.7 Å². The largest absolute Gasteiger partial charge is 0.507 e. The molecule has 0 saturated heterocycles. The van der Waals surface area contributed by atoms with Crippen molar-refractivity contribution in [1.29, 1.82) is 0 Å². The highest BCUT2D eigenvalue weighted by Gasteiger charge is 2.01. The zero-order chi connectivity index (χ0) is 13.9. The van der Waals surface area contributed by atoms with E-state index in [1.807, 2.05) is 0 Å². The second-order valence-electron chi connectivity index (χ2n) is 4.68. The van der Waals surface area contributed by atoms with Gasteiger partial charge in [0.1, 0.15) is 0 Å². The van der Waals surface area contributed by atoms with Gasteiger partial charge in [0.15, 0.2) is 0 Å². The molecule has 0 heterocycles. The summed E-state index contributed by atoms with van der Waals surface area (Å²) in [5.41, 5.74) is 2.71. The average molecular weight is 264 g/mol. The summed E-state index contributed by atoms with van der Waals surface area (Å²) in [5, 5.41) is 0. The van der Waals surface area contributed by atoms with Gasteiger partial charge in [-0.15, -0.1) is 0 Å². The minimum absolute atomic E-state index is 0.409. The van der Waals surface area contributed by atoms with E-state index < -0.39 is 6.16 Å². The molecule has 0 aliphatic heterocycles. The van der Waals surface area contributed by atoms with Gasteiger partial charge in [-0.2, -0.15) is 0 Å². The van der Waals surface area contributed by atoms with Crippen LogP contribution in [0.25, 0.3) is 0 Å². The highest BCUT2D eigenvalue weighted by Crippen LogP contribution is 2.11. The van der Waals surface area contributed by atoms with Crippen LogP contribution in [-0.4, -0.2) is 19.9 Å². The van der Waals surface area contributed by atoms with Gasteiger partial charge in [0.2, 0.25) is 0 Å². The Bertz CT molecular complexity index is 374. The molecule has 0 unspecified atom stereocenters. The number of hydrogen-bond acceptors (Lipinski definition) is 3. The van der Waals surface area contributed by atoms with Crippen molar-refractivity contribution >= 4 is 6.16 Å². The topological polar surface area (TPSA) is 35.5 Å². The van der Waals surface area contributed by atoms with Gasteiger partial charge >= 0.3 is 6.16 Å². The molecule has 3 heteroatoms. The molecule has 106 valence electrons. The van der Waals surface area contributed by atoms with E-state index in [4.69, 9.17) is 4.74 Å². The maximum atomic E-state index is 10.8. The molecule has 0 fully saturated rings. The van der Waals surface area contributed by atoms with Crippen LogP contribution in [0.4, 0.5) is 4.79 Å². The third-order valence-electron chi connectivity index (χ3n) is 3.06. The van der Waals surface area contributed by atoms with E-state index in [0.717, 1.165) is 19.3 Å². The molecule has 0 bridgehead atoms. The molecule has 1 rings (SSSR count). The van der Waals surface area contributed by atoms with Crippen LogP contribution in [0.15, 0.2) is 24.3 Å². The summed E-state index contributed by atoms with van der Waals surface area (Å²) in [6.07, 6.45) is 6.10. The van der Waals surface area contributed by atoms with E-state index in [0.29, 0.717) is 6.61 Å². The van der Waals surface area contributed by atoms with E-state index in [1.54, 1.807) is 0 Å². The Morgan fingerprint density at radius 1 is 1.11 bits per heavy atom. The van der Waals surface area contributed by atoms with Crippen molar-refractivity contribution in [2.24, 2.45) is 0 Å². The second-order valence-corrected chi connectivity index (χ2v) is 4.68. The van der Waals surface area contributed by atoms with Crippen molar-refractivity contribution in [3.05, 3.63) is 35.4 Å². The molecular weight excluding hydrogens is 240 g/mol. The minimum Gasteiger partial charge on any atom is -0.438 e. The number of benzene rings is 1. The maximum absolute atomic E-state index is 10.8. The molecule has 0 N–H and O–H groups in total. The minimum atomic E-state index is -0.603. The summed E-state index contributed by atoms with van der Waals surface area (Å²) >= 11 is 0. The molecule has 0 spiro atoms. The molecule has 0 radical (unpaired) electrons. The van der Waals surface area contributed by atoms with Crippen molar-refractivity contribution in [2.75, 3.05) is 13.7 Å². The van der Waals surface area contributed by atoms with Crippen molar-refractivity contribution in [3.8, 4) is 0 Å². The van der Waals surface area contributed by atoms with Gasteiger partial charge in [0.25, 0.3) is 0 Å². The summed E-state index contributed by atoms with van der Waals surface area (Å²) in [7, 11) is 1.32. The maximum Gasteiger partial charge on any atom is 0.507 e. The summed E-state index contributed by atoms with van der Waals surface area (Å²) in [4.78, 5) is 10.8. The Hall–Kier alpha value is -1.51. The van der Waals surface area contributed by atoms with Crippen LogP contribution in [0.3, 0.4) is 0 Å². The molecule has 1 aromatic carbocycles. The van der Waals surface area contributed by atoms with Crippen LogP contribution in [0.5, 0.6) is 0 Å². The quantitative estimate of drug-likeness (QED) is 0.523. The molecule has 0 aliphatic carbocycles. The van der Waals surface area contributed by atoms with E-state index in [2.05, 4.69) is 35.9 Å². The highest BCUT2D eigenvalue weighted by molar-refractivity contribution is 5.59. The average Bonchev–Trinajstić information content (AvgIpc) is 2.44. The van der Waals surface area contributed by atoms with Gasteiger partial charge in [-0.25, -0.2) is 4.79 Å². The van der Waals surface area contributed by atoms with Crippen molar-refractivity contribution in [2.45, 2.75) is 45.4 Å². The van der Waals surface area contributed by atoms with Crippen LogP contribution in [-0.2, 0) is 22.3 Å². The monoisotopic (exact) mass is 264 g/mol. The first-order valence-electron chi connectivity index (χ1n) is 7.04. The number of unbranched alkanes of at least 4 members (excludes halogenated alkanes) is 2. The van der Waals surface area contributed by atoms with Crippen LogP contribution in [0, 0.1) is 0 Å². The Morgan fingerprint density at radius 3 is 2.42 bits per heavy atom. The lowest BCUT2D eigenvalue weighted by Crippen LogP contribution is -2.06. The lowest BCUT2D eigenvalue weighted by molar-refractivity contribution is 0.0719. The number of rotatable bonds is 8. The fourth-order valence-corrected chi connectivity index (χ4v) is 2.01. The first kappa shape index (κ1) is 15.5. The SMILES string of the molecule is CCCCCc1cccc(CCCOC(=O)OC)c1. The Balaban J connectivity index is 2.29. The summed E-state index contributed by atoms with van der Waals surface area (Å²) in [6, 6.07) is 8.68. The zero-order valence-electron chi connectivity index (χ0n) is 12.0. The molecule has 0 saturated carbocycles. The standard InChI is InChI=1S/C16H24O3/c1-3-4-5-8-14-9-6-10-15(13-14)11-7-12-19-16(17)18-2/h6,9-10,13H,3-5,7-8,11-12H2,1-2H3. The van der Waals surface area contributed by atoms with Gasteiger partial charge < -0.3 is 9.47 Å². The normalized spacial score (nSPS) is 10.2. The molecule has 0 amide bonds. The zero-order valence-corrected chi connectivity index (χ0v) is 12.0. The lowest BCUT2D eigenvalue weighted by atomic mass is 10.0. The Morgan fingerprint density at radius 2 is 1.79 bits per heavy atom. The van der Waals surface area contributed by atoms with Gasteiger partial charge in [0, 0.05) is 0 Å². The van der Waals surface area contributed by atoms with Gasteiger partial charge in [-0.3, -0.25) is 0 Å². The van der Waals surface area contributed by atoms with E-state index >= 15 is 0 Å². The number of methoxy groups -OCH3 is 1. The molecular formula is C16H24O3. The third kappa shape index (κ3) is 6.85. The van der Waals surface area contributed by atoms with Crippen molar-refractivity contribution < 1.29 is 14.3 Å². The predicted octanol–water partition coefficient (Wildman–Crippen LogP) is 4.13. The Labute approximate surface area is 115 Å². The first-order chi connectivity index (χ1) is 9.26. The summed E-state index contributed by atoms with van der Waals surface area (Å²) in [6.45, 7) is 2.63. The number of carbonyl (C=O) groups excluding carboxylic acids is 1. The van der Waals surface area contributed by atoms with Gasteiger partial charge in [0.05, 0.1) is 13.7 Å². The number of ether oxygens (including phenoxy) is 2. The molecule has 3 nitrogen and oxygen atoms in total. The number of carbonyl (C=O) groups is 1. The fourth-order valence-electron chi connectivity index (χ4n) is 2.01. The molecule has 0 aromatic heterocycles. The first-order valence-corrected chi connectivity index (χ1v) is 7.04. The van der Waals surface area contributed by atoms with Gasteiger partial charge in [-0.1, -0.05) is 44.0 Å². The Kier molecular flexibility index (Phi) is 7.71. The lowest BCUT2D eigenvalue weighted by Gasteiger charge is -2.06. The van der Waals surface area contributed by atoms with Crippen LogP contribution < -0.4 is 0 Å².